The predicted octanol–water partition coefficient (Wildman–Crippen LogP) is 2.27. The predicted molar refractivity (Wildman–Crippen MR) is 92.1 cm³/mol. The van der Waals surface area contributed by atoms with Crippen molar-refractivity contribution in [1.82, 2.24) is 5.16 Å². The highest BCUT2D eigenvalue weighted by Gasteiger charge is 2.23. The van der Waals surface area contributed by atoms with Gasteiger partial charge in [-0.2, -0.15) is 0 Å². The number of ether oxygens (including phenoxy) is 3. The van der Waals surface area contributed by atoms with Crippen LogP contribution in [0.15, 0.2) is 16.7 Å². The zero-order valence-corrected chi connectivity index (χ0v) is 15.1. The van der Waals surface area contributed by atoms with Crippen molar-refractivity contribution in [3.05, 3.63) is 34.7 Å². The van der Waals surface area contributed by atoms with Crippen LogP contribution in [0.5, 0.6) is 11.5 Å². The van der Waals surface area contributed by atoms with Gasteiger partial charge in [0, 0.05) is 11.6 Å². The molecule has 0 saturated heterocycles. The van der Waals surface area contributed by atoms with Crippen molar-refractivity contribution in [2.45, 2.75) is 27.2 Å². The summed E-state index contributed by atoms with van der Waals surface area (Å²) in [6, 6.07) is 3.00. The van der Waals surface area contributed by atoms with Crippen molar-refractivity contribution in [1.29, 1.82) is 0 Å². The van der Waals surface area contributed by atoms with Gasteiger partial charge in [0.25, 0.3) is 5.91 Å². The number of benzene rings is 1. The summed E-state index contributed by atoms with van der Waals surface area (Å²) in [5.74, 6) is -0.380. The molecule has 3 rings (SSSR count). The molecule has 9 heteroatoms. The van der Waals surface area contributed by atoms with E-state index in [2.05, 4.69) is 10.5 Å². The van der Waals surface area contributed by atoms with Crippen LogP contribution in [0.2, 0.25) is 0 Å². The number of hydrogen-bond acceptors (Lipinski definition) is 8. The number of carbonyl (C=O) groups excluding carboxylic acids is 3. The van der Waals surface area contributed by atoms with E-state index in [0.29, 0.717) is 29.4 Å². The van der Waals surface area contributed by atoms with Gasteiger partial charge in [0.1, 0.15) is 11.3 Å². The molecule has 0 bridgehead atoms. The van der Waals surface area contributed by atoms with Crippen LogP contribution in [0, 0.1) is 6.92 Å². The molecule has 1 aromatic carbocycles. The van der Waals surface area contributed by atoms with Crippen LogP contribution in [0.3, 0.4) is 0 Å². The summed E-state index contributed by atoms with van der Waals surface area (Å²) in [5, 5.41) is 6.33. The molecule has 1 aliphatic rings. The number of ketones is 1. The minimum Gasteiger partial charge on any atom is -0.454 e. The fourth-order valence-electron chi connectivity index (χ4n) is 2.65. The molecular weight excluding hydrogens is 356 g/mol. The van der Waals surface area contributed by atoms with Crippen molar-refractivity contribution in [3.8, 4) is 11.5 Å². The van der Waals surface area contributed by atoms with Crippen LogP contribution in [-0.4, -0.2) is 36.2 Å². The second-order valence-corrected chi connectivity index (χ2v) is 5.85. The van der Waals surface area contributed by atoms with Gasteiger partial charge in [0.15, 0.2) is 23.9 Å². The van der Waals surface area contributed by atoms with Gasteiger partial charge in [0.2, 0.25) is 6.79 Å². The average Bonchev–Trinajstić information content (AvgIpc) is 3.24. The number of anilines is 1. The Kier molecular flexibility index (Phi) is 5.11. The summed E-state index contributed by atoms with van der Waals surface area (Å²) in [6.07, 6.45) is 0.493. The molecule has 2 heterocycles. The van der Waals surface area contributed by atoms with Gasteiger partial charge in [0.05, 0.1) is 11.4 Å². The Morgan fingerprint density at radius 2 is 1.93 bits per heavy atom. The molecule has 9 nitrogen and oxygen atoms in total. The van der Waals surface area contributed by atoms with Crippen molar-refractivity contribution in [3.63, 3.8) is 0 Å². The number of rotatable bonds is 6. The van der Waals surface area contributed by atoms with Crippen molar-refractivity contribution in [2.75, 3.05) is 18.7 Å². The van der Waals surface area contributed by atoms with E-state index in [4.69, 9.17) is 18.7 Å². The number of carbonyl (C=O) groups is 3. The van der Waals surface area contributed by atoms with Gasteiger partial charge in [-0.25, -0.2) is 4.79 Å². The van der Waals surface area contributed by atoms with Crippen LogP contribution >= 0.6 is 0 Å². The fourth-order valence-corrected chi connectivity index (χ4v) is 2.65. The van der Waals surface area contributed by atoms with Crippen LogP contribution in [0.4, 0.5) is 5.69 Å². The molecule has 2 aromatic rings. The highest BCUT2D eigenvalue weighted by molar-refractivity contribution is 6.05. The van der Waals surface area contributed by atoms with E-state index in [0.717, 1.165) is 0 Å². The van der Waals surface area contributed by atoms with Crippen LogP contribution in [0.25, 0.3) is 0 Å². The number of nitrogens with zero attached hydrogens (tertiary/aromatic N) is 1. The van der Waals surface area contributed by atoms with E-state index in [1.165, 1.54) is 19.1 Å². The van der Waals surface area contributed by atoms with E-state index >= 15 is 0 Å². The molecule has 1 N–H and O–H groups in total. The molecule has 0 saturated carbocycles. The molecule has 1 amide bonds. The first-order valence-corrected chi connectivity index (χ1v) is 8.27. The minimum atomic E-state index is -0.696. The Morgan fingerprint density at radius 1 is 1.22 bits per heavy atom. The highest BCUT2D eigenvalue weighted by Crippen LogP contribution is 2.37. The maximum absolute atomic E-state index is 12.2. The molecule has 0 spiro atoms. The first-order chi connectivity index (χ1) is 12.9. The Labute approximate surface area is 154 Å². The average molecular weight is 374 g/mol. The monoisotopic (exact) mass is 374 g/mol. The minimum absolute atomic E-state index is 0.0412. The molecule has 27 heavy (non-hydrogen) atoms. The largest absolute Gasteiger partial charge is 0.454 e. The molecular formula is C18H18N2O7. The molecule has 0 atom stereocenters. The summed E-state index contributed by atoms with van der Waals surface area (Å²) in [6.45, 7) is 4.30. The number of aryl methyl sites for hydroxylation is 2. The molecule has 0 fully saturated rings. The quantitative estimate of drug-likeness (QED) is 0.604. The summed E-state index contributed by atoms with van der Waals surface area (Å²) >= 11 is 0. The standard InChI is InChI=1S/C18H18N2O7/c1-4-12-17(10(3)27-20-12)18(23)24-7-16(22)19-13-6-15-14(25-8-26-15)5-11(13)9(2)21/h5-6H,4,7-8H2,1-3H3,(H,19,22). The lowest BCUT2D eigenvalue weighted by molar-refractivity contribution is -0.119. The van der Waals surface area contributed by atoms with Gasteiger partial charge in [-0.3, -0.25) is 9.59 Å². The molecule has 1 aliphatic heterocycles. The highest BCUT2D eigenvalue weighted by atomic mass is 16.7. The number of aromatic nitrogens is 1. The van der Waals surface area contributed by atoms with E-state index < -0.39 is 18.5 Å². The fraction of sp³-hybridized carbons (Fsp3) is 0.333. The summed E-state index contributed by atoms with van der Waals surface area (Å²) < 4.78 is 20.5. The third-order valence-electron chi connectivity index (χ3n) is 3.97. The Bertz CT molecular complexity index is 917. The van der Waals surface area contributed by atoms with Crippen LogP contribution in [-0.2, 0) is 16.0 Å². The lowest BCUT2D eigenvalue weighted by Crippen LogP contribution is -2.22. The van der Waals surface area contributed by atoms with E-state index in [-0.39, 0.29) is 29.4 Å². The third kappa shape index (κ3) is 3.76. The van der Waals surface area contributed by atoms with Crippen molar-refractivity contribution < 1.29 is 33.1 Å². The molecule has 142 valence electrons. The second kappa shape index (κ2) is 7.48. The third-order valence-corrected chi connectivity index (χ3v) is 3.97. The normalized spacial score (nSPS) is 12.0. The Balaban J connectivity index is 1.69. The number of amides is 1. The maximum Gasteiger partial charge on any atom is 0.344 e. The number of nitrogens with one attached hydrogen (secondary N) is 1. The van der Waals surface area contributed by atoms with E-state index in [1.807, 2.05) is 6.92 Å². The topological polar surface area (TPSA) is 117 Å². The summed E-state index contributed by atoms with van der Waals surface area (Å²) in [4.78, 5) is 36.2. The van der Waals surface area contributed by atoms with Gasteiger partial charge in [-0.1, -0.05) is 12.1 Å². The van der Waals surface area contributed by atoms with Crippen molar-refractivity contribution in [2.24, 2.45) is 0 Å². The molecule has 0 aliphatic carbocycles. The number of fused-ring (bicyclic) bond motifs is 1. The van der Waals surface area contributed by atoms with Crippen molar-refractivity contribution >= 4 is 23.3 Å². The molecule has 1 aromatic heterocycles. The molecule has 0 radical (unpaired) electrons. The summed E-state index contributed by atoms with van der Waals surface area (Å²) in [5.41, 5.74) is 1.20. The number of hydrogen-bond donors (Lipinski definition) is 1. The van der Waals surface area contributed by atoms with Crippen LogP contribution in [0.1, 0.15) is 46.0 Å². The van der Waals surface area contributed by atoms with E-state index in [9.17, 15) is 14.4 Å². The lowest BCUT2D eigenvalue weighted by Gasteiger charge is -2.11. The van der Waals surface area contributed by atoms with Gasteiger partial charge in [-0.05, 0) is 26.3 Å². The second-order valence-electron chi connectivity index (χ2n) is 5.85. The Hall–Kier alpha value is -3.36. The smallest absolute Gasteiger partial charge is 0.344 e. The number of esters is 1. The van der Waals surface area contributed by atoms with Gasteiger partial charge >= 0.3 is 5.97 Å². The lowest BCUT2D eigenvalue weighted by atomic mass is 10.1. The van der Waals surface area contributed by atoms with Gasteiger partial charge < -0.3 is 24.1 Å². The van der Waals surface area contributed by atoms with Gasteiger partial charge in [-0.15, -0.1) is 0 Å². The number of Topliss-reactive ketones (excluding diaryl/α,β-unsaturated/α-hetero) is 1. The SMILES string of the molecule is CCc1noc(C)c1C(=O)OCC(=O)Nc1cc2c(cc1C(C)=O)OCO2. The van der Waals surface area contributed by atoms with E-state index in [1.54, 1.807) is 6.92 Å². The molecule has 0 unspecified atom stereocenters. The Morgan fingerprint density at radius 3 is 2.59 bits per heavy atom. The van der Waals surface area contributed by atoms with Crippen LogP contribution < -0.4 is 14.8 Å². The maximum atomic E-state index is 12.2. The summed E-state index contributed by atoms with van der Waals surface area (Å²) in [7, 11) is 0. The zero-order chi connectivity index (χ0) is 19.6. The zero-order valence-electron chi connectivity index (χ0n) is 15.1. The first-order valence-electron chi connectivity index (χ1n) is 8.27. The first kappa shape index (κ1) is 18.4.